The van der Waals surface area contributed by atoms with Gasteiger partial charge in [-0.3, -0.25) is 4.79 Å². The van der Waals surface area contributed by atoms with Crippen molar-refractivity contribution in [2.24, 2.45) is 0 Å². The average molecular weight is 259 g/mol. The van der Waals surface area contributed by atoms with Gasteiger partial charge in [0.05, 0.1) is 12.7 Å². The topological polar surface area (TPSA) is 64.3 Å². The summed E-state index contributed by atoms with van der Waals surface area (Å²) in [5, 5.41) is 2.76. The summed E-state index contributed by atoms with van der Waals surface area (Å²) in [6.45, 7) is 4.94. The fourth-order valence-corrected chi connectivity index (χ4v) is 1.24. The third-order valence-electron chi connectivity index (χ3n) is 1.99. The predicted molar refractivity (Wildman–Crippen MR) is 71.5 cm³/mol. The van der Waals surface area contributed by atoms with Gasteiger partial charge in [0.1, 0.15) is 0 Å². The predicted octanol–water partition coefficient (Wildman–Crippen LogP) is 1.85. The standard InChI is InChI=1S/C12H18N2O2.ClH/c1-9(2)16-7-6-14-12(15)10-4-3-5-11(13)8-10;/h3-5,8-9H,6-7,13H2,1-2H3,(H,14,15);1H. The summed E-state index contributed by atoms with van der Waals surface area (Å²) in [5.41, 5.74) is 6.75. The van der Waals surface area contributed by atoms with E-state index in [1.54, 1.807) is 24.3 Å². The molecule has 4 nitrogen and oxygen atoms in total. The zero-order valence-corrected chi connectivity index (χ0v) is 10.9. The number of rotatable bonds is 5. The molecule has 0 fully saturated rings. The number of halogens is 1. The Bertz CT molecular complexity index is 356. The van der Waals surface area contributed by atoms with Crippen molar-refractivity contribution in [3.05, 3.63) is 29.8 Å². The lowest BCUT2D eigenvalue weighted by Gasteiger charge is -2.08. The lowest BCUT2D eigenvalue weighted by atomic mass is 10.2. The van der Waals surface area contributed by atoms with Crippen LogP contribution in [0.4, 0.5) is 5.69 Å². The molecule has 1 aromatic carbocycles. The van der Waals surface area contributed by atoms with Crippen LogP contribution < -0.4 is 11.1 Å². The average Bonchev–Trinajstić information content (AvgIpc) is 2.24. The number of amides is 1. The molecule has 1 rings (SSSR count). The second-order valence-corrected chi connectivity index (χ2v) is 3.80. The van der Waals surface area contributed by atoms with Gasteiger partial charge in [0.2, 0.25) is 0 Å². The Balaban J connectivity index is 0.00000256. The molecule has 0 aliphatic heterocycles. The van der Waals surface area contributed by atoms with Crippen molar-refractivity contribution < 1.29 is 9.53 Å². The van der Waals surface area contributed by atoms with E-state index in [4.69, 9.17) is 10.5 Å². The Morgan fingerprint density at radius 3 is 2.76 bits per heavy atom. The number of ether oxygens (including phenoxy) is 1. The molecule has 0 bridgehead atoms. The van der Waals surface area contributed by atoms with Crippen LogP contribution in [0.25, 0.3) is 0 Å². The van der Waals surface area contributed by atoms with E-state index >= 15 is 0 Å². The molecule has 96 valence electrons. The first-order valence-corrected chi connectivity index (χ1v) is 5.35. The number of benzene rings is 1. The fourth-order valence-electron chi connectivity index (χ4n) is 1.24. The van der Waals surface area contributed by atoms with E-state index in [0.717, 1.165) is 0 Å². The molecule has 0 saturated heterocycles. The molecule has 0 spiro atoms. The van der Waals surface area contributed by atoms with E-state index < -0.39 is 0 Å². The molecule has 0 saturated carbocycles. The van der Waals surface area contributed by atoms with Crippen LogP contribution in [0.1, 0.15) is 24.2 Å². The van der Waals surface area contributed by atoms with E-state index in [1.165, 1.54) is 0 Å². The van der Waals surface area contributed by atoms with Crippen molar-refractivity contribution in [3.8, 4) is 0 Å². The van der Waals surface area contributed by atoms with Crippen molar-refractivity contribution in [2.75, 3.05) is 18.9 Å². The van der Waals surface area contributed by atoms with Gasteiger partial charge in [-0.15, -0.1) is 12.4 Å². The van der Waals surface area contributed by atoms with Crippen molar-refractivity contribution in [3.63, 3.8) is 0 Å². The first kappa shape index (κ1) is 15.7. The molecule has 0 aromatic heterocycles. The van der Waals surface area contributed by atoms with Gasteiger partial charge in [-0.1, -0.05) is 6.07 Å². The largest absolute Gasteiger partial charge is 0.399 e. The second-order valence-electron chi connectivity index (χ2n) is 3.80. The van der Waals surface area contributed by atoms with Crippen LogP contribution >= 0.6 is 12.4 Å². The van der Waals surface area contributed by atoms with Crippen molar-refractivity contribution in [1.29, 1.82) is 0 Å². The van der Waals surface area contributed by atoms with Crippen LogP contribution in [0.5, 0.6) is 0 Å². The number of nitrogens with two attached hydrogens (primary N) is 1. The van der Waals surface area contributed by atoms with Crippen LogP contribution in [0.2, 0.25) is 0 Å². The van der Waals surface area contributed by atoms with Gasteiger partial charge in [-0.05, 0) is 32.0 Å². The summed E-state index contributed by atoms with van der Waals surface area (Å²) in [4.78, 5) is 11.6. The number of nitrogen functional groups attached to an aromatic ring is 1. The molecule has 1 aromatic rings. The maximum absolute atomic E-state index is 11.6. The molecule has 0 unspecified atom stereocenters. The minimum Gasteiger partial charge on any atom is -0.399 e. The van der Waals surface area contributed by atoms with Gasteiger partial charge >= 0.3 is 0 Å². The number of hydrogen-bond acceptors (Lipinski definition) is 3. The molecule has 1 amide bonds. The summed E-state index contributed by atoms with van der Waals surface area (Å²) in [7, 11) is 0. The molecular weight excluding hydrogens is 240 g/mol. The Kier molecular flexibility index (Phi) is 7.34. The minimum absolute atomic E-state index is 0. The minimum atomic E-state index is -0.125. The van der Waals surface area contributed by atoms with Gasteiger partial charge in [0.25, 0.3) is 5.91 Å². The third-order valence-corrected chi connectivity index (χ3v) is 1.99. The lowest BCUT2D eigenvalue weighted by Crippen LogP contribution is -2.28. The normalized spacial score (nSPS) is 9.82. The molecule has 0 heterocycles. The van der Waals surface area contributed by atoms with E-state index in [2.05, 4.69) is 5.32 Å². The fraction of sp³-hybridized carbons (Fsp3) is 0.417. The summed E-state index contributed by atoms with van der Waals surface area (Å²) >= 11 is 0. The quantitative estimate of drug-likeness (QED) is 0.626. The number of nitrogens with one attached hydrogen (secondary N) is 1. The highest BCUT2D eigenvalue weighted by molar-refractivity contribution is 5.94. The Hall–Kier alpha value is -1.26. The van der Waals surface area contributed by atoms with Crippen molar-refractivity contribution in [2.45, 2.75) is 20.0 Å². The van der Waals surface area contributed by atoms with Gasteiger partial charge < -0.3 is 15.8 Å². The zero-order chi connectivity index (χ0) is 12.0. The van der Waals surface area contributed by atoms with E-state index in [-0.39, 0.29) is 24.4 Å². The summed E-state index contributed by atoms with van der Waals surface area (Å²) in [6.07, 6.45) is 0.185. The monoisotopic (exact) mass is 258 g/mol. The van der Waals surface area contributed by atoms with Crippen LogP contribution in [-0.2, 0) is 4.74 Å². The summed E-state index contributed by atoms with van der Waals surface area (Å²) in [5.74, 6) is -0.125. The Labute approximate surface area is 108 Å². The number of anilines is 1. The molecule has 0 radical (unpaired) electrons. The van der Waals surface area contributed by atoms with E-state index in [0.29, 0.717) is 24.4 Å². The highest BCUT2D eigenvalue weighted by atomic mass is 35.5. The third kappa shape index (κ3) is 6.14. The number of carbonyl (C=O) groups is 1. The van der Waals surface area contributed by atoms with Gasteiger partial charge in [-0.25, -0.2) is 0 Å². The van der Waals surface area contributed by atoms with Gasteiger partial charge in [0, 0.05) is 17.8 Å². The van der Waals surface area contributed by atoms with E-state index in [9.17, 15) is 4.79 Å². The van der Waals surface area contributed by atoms with Crippen LogP contribution in [-0.4, -0.2) is 25.2 Å². The van der Waals surface area contributed by atoms with Gasteiger partial charge in [0.15, 0.2) is 0 Å². The van der Waals surface area contributed by atoms with E-state index in [1.807, 2.05) is 13.8 Å². The van der Waals surface area contributed by atoms with Crippen molar-refractivity contribution in [1.82, 2.24) is 5.32 Å². The Morgan fingerprint density at radius 1 is 1.47 bits per heavy atom. The first-order valence-electron chi connectivity index (χ1n) is 5.35. The molecule has 0 aliphatic rings. The zero-order valence-electron chi connectivity index (χ0n) is 10.1. The molecule has 5 heteroatoms. The number of hydrogen-bond donors (Lipinski definition) is 2. The smallest absolute Gasteiger partial charge is 0.251 e. The molecule has 3 N–H and O–H groups in total. The Morgan fingerprint density at radius 2 is 2.18 bits per heavy atom. The molecule has 17 heavy (non-hydrogen) atoms. The second kappa shape index (κ2) is 7.92. The van der Waals surface area contributed by atoms with Crippen molar-refractivity contribution >= 4 is 24.0 Å². The highest BCUT2D eigenvalue weighted by Crippen LogP contribution is 2.05. The molecule has 0 atom stereocenters. The molecule has 0 aliphatic carbocycles. The van der Waals surface area contributed by atoms with Gasteiger partial charge in [-0.2, -0.15) is 0 Å². The SMILES string of the molecule is CC(C)OCCNC(=O)c1cccc(N)c1.Cl. The first-order chi connectivity index (χ1) is 7.59. The molecular formula is C12H19ClN2O2. The van der Waals surface area contributed by atoms with Crippen LogP contribution in [0.3, 0.4) is 0 Å². The lowest BCUT2D eigenvalue weighted by molar-refractivity contribution is 0.0746. The van der Waals surface area contributed by atoms with Crippen LogP contribution in [0.15, 0.2) is 24.3 Å². The maximum atomic E-state index is 11.6. The maximum Gasteiger partial charge on any atom is 0.251 e. The summed E-state index contributed by atoms with van der Waals surface area (Å²) in [6, 6.07) is 6.89. The highest BCUT2D eigenvalue weighted by Gasteiger charge is 2.04. The van der Waals surface area contributed by atoms with Crippen LogP contribution in [0, 0.1) is 0 Å². The number of carbonyl (C=O) groups excluding carboxylic acids is 1. The summed E-state index contributed by atoms with van der Waals surface area (Å²) < 4.78 is 5.31.